The van der Waals surface area contributed by atoms with E-state index in [1.165, 1.54) is 13.2 Å². The van der Waals surface area contributed by atoms with Crippen molar-refractivity contribution in [1.29, 1.82) is 0 Å². The van der Waals surface area contributed by atoms with Gasteiger partial charge in [-0.1, -0.05) is 11.6 Å². The predicted molar refractivity (Wildman–Crippen MR) is 62.7 cm³/mol. The summed E-state index contributed by atoms with van der Waals surface area (Å²) in [6.45, 7) is 1.02. The van der Waals surface area contributed by atoms with Crippen LogP contribution >= 0.6 is 11.6 Å². The number of rotatable bonds is 3. The highest BCUT2D eigenvalue weighted by atomic mass is 35.5. The number of methoxy groups -OCH3 is 1. The molecule has 2 nitrogen and oxygen atoms in total. The average molecular weight is 244 g/mol. The summed E-state index contributed by atoms with van der Waals surface area (Å²) in [5, 5.41) is 3.81. The standard InChI is InChI=1S/C12H15ClFNO/c1-16-12-7-11(14)8(6-10(12)13)5-9-3-2-4-15-9/h6-7,9,15H,2-5H2,1H3. The molecule has 4 heteroatoms. The van der Waals surface area contributed by atoms with Crippen molar-refractivity contribution < 1.29 is 9.13 Å². The van der Waals surface area contributed by atoms with Gasteiger partial charge in [0, 0.05) is 12.1 Å². The van der Waals surface area contributed by atoms with Crippen molar-refractivity contribution in [1.82, 2.24) is 5.32 Å². The number of ether oxygens (including phenoxy) is 1. The number of hydrogen-bond acceptors (Lipinski definition) is 2. The number of benzene rings is 1. The molecule has 1 fully saturated rings. The van der Waals surface area contributed by atoms with Crippen LogP contribution in [0.4, 0.5) is 4.39 Å². The lowest BCUT2D eigenvalue weighted by Crippen LogP contribution is -2.24. The maximum absolute atomic E-state index is 13.7. The zero-order chi connectivity index (χ0) is 11.5. The second-order valence-corrected chi connectivity index (χ2v) is 4.48. The minimum atomic E-state index is -0.241. The molecule has 0 spiro atoms. The molecule has 1 atom stereocenters. The summed E-state index contributed by atoms with van der Waals surface area (Å²) in [7, 11) is 1.48. The fourth-order valence-electron chi connectivity index (χ4n) is 2.08. The van der Waals surface area contributed by atoms with Crippen molar-refractivity contribution in [3.8, 4) is 5.75 Å². The van der Waals surface area contributed by atoms with Crippen LogP contribution in [0.5, 0.6) is 5.75 Å². The lowest BCUT2D eigenvalue weighted by atomic mass is 10.0. The molecule has 1 unspecified atom stereocenters. The number of hydrogen-bond donors (Lipinski definition) is 1. The van der Waals surface area contributed by atoms with Crippen LogP contribution in [0.1, 0.15) is 18.4 Å². The third kappa shape index (κ3) is 2.47. The zero-order valence-corrected chi connectivity index (χ0v) is 9.98. The van der Waals surface area contributed by atoms with Crippen molar-refractivity contribution in [2.75, 3.05) is 13.7 Å². The lowest BCUT2D eigenvalue weighted by Gasteiger charge is -2.12. The van der Waals surface area contributed by atoms with Crippen molar-refractivity contribution >= 4 is 11.6 Å². The molecule has 1 heterocycles. The third-order valence-corrected chi connectivity index (χ3v) is 3.24. The second kappa shape index (κ2) is 5.02. The SMILES string of the molecule is COc1cc(F)c(CC2CCCN2)cc1Cl. The van der Waals surface area contributed by atoms with Gasteiger partial charge < -0.3 is 10.1 Å². The first-order valence-corrected chi connectivity index (χ1v) is 5.84. The first-order chi connectivity index (χ1) is 7.70. The van der Waals surface area contributed by atoms with Gasteiger partial charge in [-0.3, -0.25) is 0 Å². The van der Waals surface area contributed by atoms with Gasteiger partial charge in [0.05, 0.1) is 12.1 Å². The monoisotopic (exact) mass is 243 g/mol. The quantitative estimate of drug-likeness (QED) is 0.882. The lowest BCUT2D eigenvalue weighted by molar-refractivity contribution is 0.410. The summed E-state index contributed by atoms with van der Waals surface area (Å²) in [6, 6.07) is 3.39. The van der Waals surface area contributed by atoms with Crippen LogP contribution < -0.4 is 10.1 Å². The maximum Gasteiger partial charge on any atom is 0.140 e. The molecule has 16 heavy (non-hydrogen) atoms. The van der Waals surface area contributed by atoms with Gasteiger partial charge in [0.15, 0.2) is 0 Å². The molecule has 1 aromatic carbocycles. The molecule has 1 aliphatic rings. The molecule has 0 aromatic heterocycles. The summed E-state index contributed by atoms with van der Waals surface area (Å²) in [5.74, 6) is 0.150. The topological polar surface area (TPSA) is 21.3 Å². The van der Waals surface area contributed by atoms with Crippen LogP contribution in [-0.4, -0.2) is 19.7 Å². The molecule has 1 aliphatic heterocycles. The van der Waals surface area contributed by atoms with Crippen molar-refractivity contribution in [3.63, 3.8) is 0 Å². The van der Waals surface area contributed by atoms with Crippen molar-refractivity contribution in [2.24, 2.45) is 0 Å². The second-order valence-electron chi connectivity index (χ2n) is 4.08. The molecule has 1 N–H and O–H groups in total. The Kier molecular flexibility index (Phi) is 3.66. The third-order valence-electron chi connectivity index (χ3n) is 2.95. The molecule has 1 saturated heterocycles. The maximum atomic E-state index is 13.7. The Labute approximate surface area is 99.7 Å². The zero-order valence-electron chi connectivity index (χ0n) is 9.22. The van der Waals surface area contributed by atoms with Crippen LogP contribution in [0.2, 0.25) is 5.02 Å². The van der Waals surface area contributed by atoms with Crippen LogP contribution in [0, 0.1) is 5.82 Å². The van der Waals surface area contributed by atoms with Gasteiger partial charge in [-0.25, -0.2) is 4.39 Å². The molecular weight excluding hydrogens is 229 g/mol. The molecule has 0 radical (unpaired) electrons. The van der Waals surface area contributed by atoms with Crippen molar-refractivity contribution in [2.45, 2.75) is 25.3 Å². The van der Waals surface area contributed by atoms with E-state index in [1.54, 1.807) is 6.07 Å². The Morgan fingerprint density at radius 2 is 2.38 bits per heavy atom. The van der Waals surface area contributed by atoms with Gasteiger partial charge in [0.25, 0.3) is 0 Å². The van der Waals surface area contributed by atoms with Gasteiger partial charge in [-0.2, -0.15) is 0 Å². The van der Waals surface area contributed by atoms with E-state index >= 15 is 0 Å². The van der Waals surface area contributed by atoms with Gasteiger partial charge >= 0.3 is 0 Å². The van der Waals surface area contributed by atoms with E-state index in [2.05, 4.69) is 5.32 Å². The summed E-state index contributed by atoms with van der Waals surface area (Å²) in [6.07, 6.45) is 2.95. The Morgan fingerprint density at radius 3 is 3.00 bits per heavy atom. The molecule has 1 aromatic rings. The number of nitrogens with one attached hydrogen (secondary N) is 1. The van der Waals surface area contributed by atoms with Gasteiger partial charge in [0.2, 0.25) is 0 Å². The van der Waals surface area contributed by atoms with Crippen LogP contribution in [0.3, 0.4) is 0 Å². The van der Waals surface area contributed by atoms with E-state index in [4.69, 9.17) is 16.3 Å². The van der Waals surface area contributed by atoms with Crippen LogP contribution in [0.25, 0.3) is 0 Å². The van der Waals surface area contributed by atoms with E-state index < -0.39 is 0 Å². The summed E-state index contributed by atoms with van der Waals surface area (Å²) in [5.41, 5.74) is 0.658. The Morgan fingerprint density at radius 1 is 1.56 bits per heavy atom. The fourth-order valence-corrected chi connectivity index (χ4v) is 2.34. The largest absolute Gasteiger partial charge is 0.495 e. The highest BCUT2D eigenvalue weighted by Gasteiger charge is 2.17. The number of halogens is 2. The van der Waals surface area contributed by atoms with Crippen LogP contribution in [0.15, 0.2) is 12.1 Å². The van der Waals surface area contributed by atoms with Crippen molar-refractivity contribution in [3.05, 3.63) is 28.5 Å². The fraction of sp³-hybridized carbons (Fsp3) is 0.500. The summed E-state index contributed by atoms with van der Waals surface area (Å²) in [4.78, 5) is 0. The molecule has 2 rings (SSSR count). The average Bonchev–Trinajstić information content (AvgIpc) is 2.75. The Hall–Kier alpha value is -0.800. The first kappa shape index (κ1) is 11.7. The highest BCUT2D eigenvalue weighted by molar-refractivity contribution is 6.32. The van der Waals surface area contributed by atoms with E-state index in [0.29, 0.717) is 28.8 Å². The van der Waals surface area contributed by atoms with Gasteiger partial charge in [-0.15, -0.1) is 0 Å². The molecule has 0 amide bonds. The molecule has 0 saturated carbocycles. The minimum Gasteiger partial charge on any atom is -0.495 e. The minimum absolute atomic E-state index is 0.241. The summed E-state index contributed by atoms with van der Waals surface area (Å²) >= 11 is 5.97. The normalized spacial score (nSPS) is 20.1. The predicted octanol–water partition coefficient (Wildman–Crippen LogP) is 2.78. The van der Waals surface area contributed by atoms with Crippen LogP contribution in [-0.2, 0) is 6.42 Å². The molecule has 0 aliphatic carbocycles. The molecule has 88 valence electrons. The molecule has 0 bridgehead atoms. The smallest absolute Gasteiger partial charge is 0.140 e. The van der Waals surface area contributed by atoms with E-state index in [1.807, 2.05) is 0 Å². The molecular formula is C12H15ClFNO. The van der Waals surface area contributed by atoms with E-state index in [0.717, 1.165) is 19.4 Å². The Bertz CT molecular complexity index is 378. The first-order valence-electron chi connectivity index (χ1n) is 5.46. The Balaban J connectivity index is 2.17. The van der Waals surface area contributed by atoms with E-state index in [-0.39, 0.29) is 5.82 Å². The van der Waals surface area contributed by atoms with Gasteiger partial charge in [0.1, 0.15) is 11.6 Å². The summed E-state index contributed by atoms with van der Waals surface area (Å²) < 4.78 is 18.7. The van der Waals surface area contributed by atoms with Gasteiger partial charge in [-0.05, 0) is 37.4 Å². The van der Waals surface area contributed by atoms with E-state index in [9.17, 15) is 4.39 Å². The highest BCUT2D eigenvalue weighted by Crippen LogP contribution is 2.28.